The van der Waals surface area contributed by atoms with Gasteiger partial charge in [0.25, 0.3) is 5.91 Å². The Morgan fingerprint density at radius 3 is 2.70 bits per heavy atom. The predicted molar refractivity (Wildman–Crippen MR) is 128 cm³/mol. The fourth-order valence-corrected chi connectivity index (χ4v) is 6.22. The minimum absolute atomic E-state index is 0.0747. The van der Waals surface area contributed by atoms with E-state index >= 15 is 0 Å². The lowest BCUT2D eigenvalue weighted by Crippen LogP contribution is -2.29. The Morgan fingerprint density at radius 2 is 1.91 bits per heavy atom. The zero-order chi connectivity index (χ0) is 22.7. The van der Waals surface area contributed by atoms with E-state index in [0.29, 0.717) is 10.7 Å². The first-order valence-corrected chi connectivity index (χ1v) is 12.0. The largest absolute Gasteiger partial charge is 0.453 e. The zero-order valence-corrected chi connectivity index (χ0v) is 19.0. The maximum Gasteiger partial charge on any atom is 0.297 e. The number of aryl methyl sites for hydroxylation is 1. The topological polar surface area (TPSA) is 80.5 Å². The quantitative estimate of drug-likeness (QED) is 0.194. The normalized spacial score (nSPS) is 18.6. The van der Waals surface area contributed by atoms with Gasteiger partial charge < -0.3 is 4.42 Å². The number of nitrogens with zero attached hydrogens (tertiary/aromatic N) is 2. The molecule has 0 bridgehead atoms. The summed E-state index contributed by atoms with van der Waals surface area (Å²) in [5.74, 6) is -3.09. The zero-order valence-electron chi connectivity index (χ0n) is 17.3. The summed E-state index contributed by atoms with van der Waals surface area (Å²) in [7, 11) is 0. The van der Waals surface area contributed by atoms with Gasteiger partial charge in [-0.1, -0.05) is 41.7 Å². The summed E-state index contributed by atoms with van der Waals surface area (Å²) in [5, 5.41) is 3.04. The Balaban J connectivity index is 1.48. The van der Waals surface area contributed by atoms with Crippen LogP contribution in [-0.4, -0.2) is 22.5 Å². The number of furan rings is 1. The summed E-state index contributed by atoms with van der Waals surface area (Å²) in [6.07, 6.45) is 0. The van der Waals surface area contributed by atoms with Crippen LogP contribution in [0.2, 0.25) is 0 Å². The van der Waals surface area contributed by atoms with Crippen LogP contribution in [0.5, 0.6) is 0 Å². The van der Waals surface area contributed by atoms with Crippen LogP contribution in [0, 0.1) is 12.8 Å². The molecule has 0 spiro atoms. The van der Waals surface area contributed by atoms with Crippen LogP contribution in [-0.2, 0) is 9.59 Å². The molecule has 4 heterocycles. The highest BCUT2D eigenvalue weighted by molar-refractivity contribution is 7.22. The van der Waals surface area contributed by atoms with E-state index < -0.39 is 29.4 Å². The van der Waals surface area contributed by atoms with E-state index in [0.717, 1.165) is 26.0 Å². The number of amides is 1. The van der Waals surface area contributed by atoms with Gasteiger partial charge in [-0.2, -0.15) is 0 Å². The van der Waals surface area contributed by atoms with Gasteiger partial charge in [-0.25, -0.2) is 4.98 Å². The average molecular weight is 473 g/mol. The molecular formula is C25H16N2O4S2. The second-order valence-electron chi connectivity index (χ2n) is 7.96. The Morgan fingerprint density at radius 1 is 1.06 bits per heavy atom. The summed E-state index contributed by atoms with van der Waals surface area (Å²) in [6.45, 7) is 1.99. The van der Waals surface area contributed by atoms with Gasteiger partial charge in [-0.15, -0.1) is 11.3 Å². The molecule has 6 nitrogen and oxygen atoms in total. The van der Waals surface area contributed by atoms with Crippen molar-refractivity contribution >= 4 is 66.5 Å². The number of anilines is 1. The number of ketones is 2. The maximum absolute atomic E-state index is 13.6. The third kappa shape index (κ3) is 3.13. The van der Waals surface area contributed by atoms with Crippen molar-refractivity contribution in [1.82, 2.24) is 4.98 Å². The van der Waals surface area contributed by atoms with Crippen molar-refractivity contribution in [2.75, 3.05) is 4.90 Å². The Labute approximate surface area is 196 Å². The van der Waals surface area contributed by atoms with Crippen LogP contribution in [0.3, 0.4) is 0 Å². The van der Waals surface area contributed by atoms with E-state index in [9.17, 15) is 14.4 Å². The predicted octanol–water partition coefficient (Wildman–Crippen LogP) is 5.57. The molecule has 2 unspecified atom stereocenters. The van der Waals surface area contributed by atoms with Crippen LogP contribution >= 0.6 is 22.7 Å². The van der Waals surface area contributed by atoms with Gasteiger partial charge in [0.15, 0.2) is 10.9 Å². The van der Waals surface area contributed by atoms with Crippen molar-refractivity contribution < 1.29 is 18.8 Å². The van der Waals surface area contributed by atoms with Crippen molar-refractivity contribution in [3.05, 3.63) is 82.2 Å². The third-order valence-corrected chi connectivity index (χ3v) is 7.79. The SMILES string of the molecule is Cc1ccc2nc(N3C(=O)C(=O)C(C(=O)c4cc5ccccc5o4)C3c3cccs3)sc2c1. The van der Waals surface area contributed by atoms with E-state index in [1.54, 1.807) is 12.1 Å². The highest BCUT2D eigenvalue weighted by Crippen LogP contribution is 2.45. The van der Waals surface area contributed by atoms with Gasteiger partial charge >= 0.3 is 0 Å². The van der Waals surface area contributed by atoms with Gasteiger partial charge in [0.1, 0.15) is 11.5 Å². The fourth-order valence-electron chi connectivity index (χ4n) is 4.27. The molecule has 6 rings (SSSR count). The molecule has 162 valence electrons. The second kappa shape index (κ2) is 7.47. The number of carbonyl (C=O) groups is 3. The Bertz CT molecular complexity index is 1530. The average Bonchev–Trinajstić information content (AvgIpc) is 3.59. The number of carbonyl (C=O) groups excluding carboxylic acids is 3. The van der Waals surface area contributed by atoms with Crippen LogP contribution in [0.4, 0.5) is 5.13 Å². The van der Waals surface area contributed by atoms with Crippen molar-refractivity contribution in [3.8, 4) is 0 Å². The summed E-state index contributed by atoms with van der Waals surface area (Å²) in [5.41, 5.74) is 2.39. The Kier molecular flexibility index (Phi) is 4.53. The van der Waals surface area contributed by atoms with Gasteiger partial charge in [0, 0.05) is 10.3 Å². The number of hydrogen-bond acceptors (Lipinski definition) is 7. The van der Waals surface area contributed by atoms with E-state index in [1.807, 2.05) is 60.8 Å². The number of para-hydroxylation sites is 1. The number of thiazole rings is 1. The van der Waals surface area contributed by atoms with Crippen molar-refractivity contribution in [1.29, 1.82) is 0 Å². The molecule has 0 N–H and O–H groups in total. The van der Waals surface area contributed by atoms with E-state index in [2.05, 4.69) is 4.98 Å². The summed E-state index contributed by atoms with van der Waals surface area (Å²) in [4.78, 5) is 46.8. The monoisotopic (exact) mass is 472 g/mol. The smallest absolute Gasteiger partial charge is 0.297 e. The molecule has 5 aromatic rings. The van der Waals surface area contributed by atoms with Gasteiger partial charge in [-0.05, 0) is 48.2 Å². The molecule has 2 aromatic carbocycles. The van der Waals surface area contributed by atoms with Crippen LogP contribution in [0.25, 0.3) is 21.2 Å². The van der Waals surface area contributed by atoms with Crippen molar-refractivity contribution in [3.63, 3.8) is 0 Å². The van der Waals surface area contributed by atoms with Gasteiger partial charge in [0.05, 0.1) is 16.3 Å². The minimum Gasteiger partial charge on any atom is -0.453 e. The number of aromatic nitrogens is 1. The molecule has 1 aliphatic rings. The molecule has 3 aromatic heterocycles. The molecule has 33 heavy (non-hydrogen) atoms. The second-order valence-corrected chi connectivity index (χ2v) is 9.95. The first-order chi connectivity index (χ1) is 16.0. The molecule has 0 aliphatic carbocycles. The van der Waals surface area contributed by atoms with E-state index in [-0.39, 0.29) is 5.76 Å². The molecule has 1 fully saturated rings. The number of benzene rings is 2. The maximum atomic E-state index is 13.6. The van der Waals surface area contributed by atoms with E-state index in [4.69, 9.17) is 4.42 Å². The highest BCUT2D eigenvalue weighted by Gasteiger charge is 2.54. The molecular weight excluding hydrogens is 456 g/mol. The lowest BCUT2D eigenvalue weighted by molar-refractivity contribution is -0.135. The number of hydrogen-bond donors (Lipinski definition) is 0. The number of fused-ring (bicyclic) bond motifs is 2. The van der Waals surface area contributed by atoms with Gasteiger partial charge in [-0.3, -0.25) is 19.3 Å². The summed E-state index contributed by atoms with van der Waals surface area (Å²) < 4.78 is 6.67. The molecule has 1 saturated heterocycles. The Hall–Kier alpha value is -3.62. The van der Waals surface area contributed by atoms with Crippen molar-refractivity contribution in [2.24, 2.45) is 5.92 Å². The molecule has 1 aliphatic heterocycles. The summed E-state index contributed by atoms with van der Waals surface area (Å²) >= 11 is 2.74. The van der Waals surface area contributed by atoms with Crippen LogP contribution < -0.4 is 4.90 Å². The number of thiophene rings is 1. The lowest BCUT2D eigenvalue weighted by Gasteiger charge is -2.23. The molecule has 0 saturated carbocycles. The first-order valence-electron chi connectivity index (χ1n) is 10.3. The van der Waals surface area contributed by atoms with E-state index in [1.165, 1.54) is 27.6 Å². The molecule has 2 atom stereocenters. The van der Waals surface area contributed by atoms with Crippen LogP contribution in [0.1, 0.15) is 27.0 Å². The first kappa shape index (κ1) is 20.0. The standard InChI is InChI=1S/C25H16N2O4S2/c1-13-8-9-15-19(11-13)33-25(26-15)27-21(18-7-4-10-32-18)20(23(29)24(27)30)22(28)17-12-14-5-2-3-6-16(14)31-17/h2-12,20-21H,1H3. The fraction of sp³-hybridized carbons (Fsp3) is 0.120. The third-order valence-electron chi connectivity index (χ3n) is 5.83. The van der Waals surface area contributed by atoms with Crippen molar-refractivity contribution in [2.45, 2.75) is 13.0 Å². The number of rotatable bonds is 4. The van der Waals surface area contributed by atoms with Crippen LogP contribution in [0.15, 0.2) is 70.5 Å². The molecule has 0 radical (unpaired) electrons. The van der Waals surface area contributed by atoms with Gasteiger partial charge in [0.2, 0.25) is 11.6 Å². The molecule has 8 heteroatoms. The molecule has 1 amide bonds. The summed E-state index contributed by atoms with van der Waals surface area (Å²) in [6, 6.07) is 17.6. The lowest BCUT2D eigenvalue weighted by atomic mass is 9.92. The minimum atomic E-state index is -1.20. The highest BCUT2D eigenvalue weighted by atomic mass is 32.1. The number of Topliss-reactive ketones (excluding diaryl/α,β-unsaturated/α-hetero) is 2.